The summed E-state index contributed by atoms with van der Waals surface area (Å²) in [5, 5.41) is 10.6. The first-order valence-electron chi connectivity index (χ1n) is 11.2. The maximum Gasteiger partial charge on any atom is 0.338 e. The van der Waals surface area contributed by atoms with Crippen molar-refractivity contribution in [2.45, 2.75) is 26.3 Å². The fourth-order valence-corrected chi connectivity index (χ4v) is 5.30. The number of esters is 1. The number of aromatic nitrogens is 1. The van der Waals surface area contributed by atoms with Crippen LogP contribution in [0.5, 0.6) is 17.2 Å². The fourth-order valence-electron chi connectivity index (χ4n) is 4.09. The summed E-state index contributed by atoms with van der Waals surface area (Å²) in [6.45, 7) is 3.63. The van der Waals surface area contributed by atoms with Crippen LogP contribution in [0.3, 0.4) is 0 Å². The van der Waals surface area contributed by atoms with E-state index < -0.39 is 12.0 Å². The summed E-state index contributed by atoms with van der Waals surface area (Å²) in [6.07, 6.45) is 2.02. The van der Waals surface area contributed by atoms with Crippen LogP contribution in [0.25, 0.3) is 6.08 Å². The van der Waals surface area contributed by atoms with Crippen LogP contribution in [-0.4, -0.2) is 36.5 Å². The maximum absolute atomic E-state index is 13.6. The van der Waals surface area contributed by atoms with Crippen molar-refractivity contribution in [2.75, 3.05) is 20.8 Å². The highest BCUT2D eigenvalue weighted by Gasteiger charge is 2.33. The molecule has 10 heteroatoms. The number of hydrogen-bond donors (Lipinski definition) is 1. The Hall–Kier alpha value is -3.56. The number of fused-ring (bicyclic) bond motifs is 1. The normalized spacial score (nSPS) is 15.4. The molecule has 8 nitrogen and oxygen atoms in total. The van der Waals surface area contributed by atoms with Crippen molar-refractivity contribution in [2.24, 2.45) is 4.99 Å². The van der Waals surface area contributed by atoms with Crippen LogP contribution in [-0.2, 0) is 16.0 Å². The number of aromatic hydroxyl groups is 1. The summed E-state index contributed by atoms with van der Waals surface area (Å²) in [5.41, 5.74) is 1.66. The molecule has 0 saturated carbocycles. The Morgan fingerprint density at radius 1 is 1.19 bits per heavy atom. The molecule has 1 atom stereocenters. The summed E-state index contributed by atoms with van der Waals surface area (Å²) in [4.78, 5) is 31.7. The Morgan fingerprint density at radius 2 is 1.94 bits per heavy atom. The predicted molar refractivity (Wildman–Crippen MR) is 138 cm³/mol. The van der Waals surface area contributed by atoms with E-state index in [2.05, 4.69) is 4.99 Å². The molecule has 0 radical (unpaired) electrons. The smallest absolute Gasteiger partial charge is 0.338 e. The third kappa shape index (κ3) is 4.76. The van der Waals surface area contributed by atoms with Gasteiger partial charge in [0.1, 0.15) is 5.75 Å². The molecule has 1 aliphatic rings. The van der Waals surface area contributed by atoms with Crippen molar-refractivity contribution in [3.05, 3.63) is 83.5 Å². The van der Waals surface area contributed by atoms with Crippen molar-refractivity contribution >= 4 is 35.0 Å². The molecule has 0 bridgehead atoms. The van der Waals surface area contributed by atoms with E-state index in [0.29, 0.717) is 49.1 Å². The summed E-state index contributed by atoms with van der Waals surface area (Å²) < 4.78 is 18.1. The predicted octanol–water partition coefficient (Wildman–Crippen LogP) is 3.37. The molecule has 1 unspecified atom stereocenters. The lowest BCUT2D eigenvalue weighted by Gasteiger charge is -2.25. The van der Waals surface area contributed by atoms with Crippen LogP contribution >= 0.6 is 22.9 Å². The number of nitrogens with zero attached hydrogens (tertiary/aromatic N) is 2. The van der Waals surface area contributed by atoms with Crippen LogP contribution < -0.4 is 24.4 Å². The Morgan fingerprint density at radius 3 is 2.64 bits per heavy atom. The molecule has 0 saturated heterocycles. The van der Waals surface area contributed by atoms with Gasteiger partial charge in [-0.05, 0) is 61.7 Å². The van der Waals surface area contributed by atoms with Gasteiger partial charge in [-0.3, -0.25) is 9.36 Å². The maximum atomic E-state index is 13.6. The summed E-state index contributed by atoms with van der Waals surface area (Å²) in [5.74, 6) is 0.531. The van der Waals surface area contributed by atoms with Crippen molar-refractivity contribution in [1.82, 2.24) is 4.57 Å². The topological polar surface area (TPSA) is 99.4 Å². The first kappa shape index (κ1) is 25.5. The number of allylic oxidation sites excluding steroid dienone is 1. The number of benzene rings is 2. The average molecular weight is 529 g/mol. The lowest BCUT2D eigenvalue weighted by atomic mass is 9.95. The van der Waals surface area contributed by atoms with Gasteiger partial charge in [-0.15, -0.1) is 0 Å². The number of carbonyl (C=O) groups excluding carboxylic acids is 1. The van der Waals surface area contributed by atoms with Crippen LogP contribution in [0.2, 0.25) is 5.02 Å². The van der Waals surface area contributed by atoms with Gasteiger partial charge in [0.15, 0.2) is 16.3 Å². The number of phenols is 1. The van der Waals surface area contributed by atoms with Crippen LogP contribution in [0.4, 0.5) is 0 Å². The summed E-state index contributed by atoms with van der Waals surface area (Å²) >= 11 is 7.27. The van der Waals surface area contributed by atoms with Gasteiger partial charge < -0.3 is 19.3 Å². The Bertz CT molecular complexity index is 1540. The van der Waals surface area contributed by atoms with Crippen molar-refractivity contribution in [3.63, 3.8) is 0 Å². The standard InChI is InChI=1S/C26H25ClN2O6S/c1-5-35-25(32)22-14(2)28-26-29(23(22)16-6-10-19(33-3)20(13-16)34-4)24(31)21(36-26)11-7-15-12-17(27)8-9-18(15)30/h6,8-13,23,30H,5,7H2,1-4H3. The molecule has 0 aliphatic carbocycles. The minimum absolute atomic E-state index is 0.0899. The lowest BCUT2D eigenvalue weighted by Crippen LogP contribution is -2.40. The van der Waals surface area contributed by atoms with E-state index in [-0.39, 0.29) is 23.5 Å². The molecular formula is C26H25ClN2O6S. The van der Waals surface area contributed by atoms with Gasteiger partial charge in [0, 0.05) is 5.02 Å². The van der Waals surface area contributed by atoms with Crippen molar-refractivity contribution < 1.29 is 24.1 Å². The minimum Gasteiger partial charge on any atom is -0.508 e. The van der Waals surface area contributed by atoms with Crippen LogP contribution in [0, 0.1) is 0 Å². The third-order valence-electron chi connectivity index (χ3n) is 5.79. The second kappa shape index (κ2) is 10.6. The summed E-state index contributed by atoms with van der Waals surface area (Å²) in [7, 11) is 3.05. The van der Waals surface area contributed by atoms with Gasteiger partial charge in [0.05, 0.1) is 42.7 Å². The molecule has 1 aromatic heterocycles. The van der Waals surface area contributed by atoms with Gasteiger partial charge in [0.25, 0.3) is 5.56 Å². The number of thiazole rings is 1. The van der Waals surface area contributed by atoms with E-state index in [1.165, 1.54) is 36.2 Å². The van der Waals surface area contributed by atoms with Crippen molar-refractivity contribution in [1.29, 1.82) is 0 Å². The largest absolute Gasteiger partial charge is 0.508 e. The molecule has 0 amide bonds. The Labute approximate surface area is 216 Å². The second-order valence-electron chi connectivity index (χ2n) is 7.95. The number of methoxy groups -OCH3 is 2. The fraction of sp³-hybridized carbons (Fsp3) is 0.269. The Kier molecular flexibility index (Phi) is 7.51. The molecule has 188 valence electrons. The molecule has 2 aromatic carbocycles. The van der Waals surface area contributed by atoms with Gasteiger partial charge in [0.2, 0.25) is 0 Å². The molecule has 1 aliphatic heterocycles. The number of hydrogen-bond acceptors (Lipinski definition) is 8. The highest BCUT2D eigenvalue weighted by Crippen LogP contribution is 2.36. The Balaban J connectivity index is 1.90. The highest BCUT2D eigenvalue weighted by atomic mass is 35.5. The monoisotopic (exact) mass is 528 g/mol. The second-order valence-corrected chi connectivity index (χ2v) is 9.40. The molecular weight excluding hydrogens is 504 g/mol. The SMILES string of the molecule is CCOC(=O)C1=C(C)N=c2sc(=CCc3cc(Cl)ccc3O)c(=O)n2C1c1ccc(OC)c(OC)c1. The molecule has 1 N–H and O–H groups in total. The van der Waals surface area contributed by atoms with E-state index in [1.54, 1.807) is 50.3 Å². The first-order valence-corrected chi connectivity index (χ1v) is 12.4. The van der Waals surface area contributed by atoms with Crippen LogP contribution in [0.15, 0.2) is 57.5 Å². The summed E-state index contributed by atoms with van der Waals surface area (Å²) in [6, 6.07) is 9.23. The van der Waals surface area contributed by atoms with Gasteiger partial charge in [-0.25, -0.2) is 9.79 Å². The molecule has 4 rings (SSSR count). The van der Waals surface area contributed by atoms with E-state index in [4.69, 9.17) is 25.8 Å². The first-order chi connectivity index (χ1) is 17.3. The number of phenolic OH excluding ortho intramolecular Hbond substituents is 1. The number of carbonyl (C=O) groups is 1. The van der Waals surface area contributed by atoms with E-state index in [9.17, 15) is 14.7 Å². The van der Waals surface area contributed by atoms with Crippen LogP contribution in [0.1, 0.15) is 31.0 Å². The molecule has 2 heterocycles. The number of ether oxygens (including phenoxy) is 3. The van der Waals surface area contributed by atoms with E-state index in [0.717, 1.165) is 0 Å². The minimum atomic E-state index is -0.776. The number of halogens is 1. The average Bonchev–Trinajstić information content (AvgIpc) is 3.17. The lowest BCUT2D eigenvalue weighted by molar-refractivity contribution is -0.139. The zero-order chi connectivity index (χ0) is 26.0. The zero-order valence-corrected chi connectivity index (χ0v) is 21.8. The van der Waals surface area contributed by atoms with E-state index in [1.807, 2.05) is 0 Å². The quantitative estimate of drug-likeness (QED) is 0.472. The van der Waals surface area contributed by atoms with Gasteiger partial charge >= 0.3 is 5.97 Å². The highest BCUT2D eigenvalue weighted by molar-refractivity contribution is 7.07. The molecule has 0 spiro atoms. The zero-order valence-electron chi connectivity index (χ0n) is 20.2. The third-order valence-corrected chi connectivity index (χ3v) is 7.06. The van der Waals surface area contributed by atoms with Gasteiger partial charge in [-0.2, -0.15) is 0 Å². The molecule has 36 heavy (non-hydrogen) atoms. The number of rotatable bonds is 7. The van der Waals surface area contributed by atoms with Gasteiger partial charge in [-0.1, -0.05) is 35.1 Å². The molecule has 3 aromatic rings. The van der Waals surface area contributed by atoms with E-state index >= 15 is 0 Å². The van der Waals surface area contributed by atoms with Crippen molar-refractivity contribution in [3.8, 4) is 17.2 Å². The molecule has 0 fully saturated rings.